The van der Waals surface area contributed by atoms with Gasteiger partial charge in [-0.05, 0) is 41.8 Å². The average Bonchev–Trinajstić information content (AvgIpc) is 3.05. The van der Waals surface area contributed by atoms with Gasteiger partial charge in [0.25, 0.3) is 0 Å². The van der Waals surface area contributed by atoms with E-state index in [9.17, 15) is 9.90 Å². The minimum absolute atomic E-state index is 0.109. The van der Waals surface area contributed by atoms with Crippen LogP contribution in [-0.2, 0) is 0 Å². The summed E-state index contributed by atoms with van der Waals surface area (Å²) >= 11 is 8.83. The molecule has 1 aliphatic heterocycles. The lowest BCUT2D eigenvalue weighted by molar-refractivity contribution is 0.206. The maximum absolute atomic E-state index is 11.5. The molecule has 1 amide bonds. The van der Waals surface area contributed by atoms with E-state index in [1.54, 1.807) is 23.9 Å². The van der Waals surface area contributed by atoms with Crippen LogP contribution in [0.5, 0.6) is 0 Å². The Balaban J connectivity index is 1.64. The summed E-state index contributed by atoms with van der Waals surface area (Å²) in [5.74, 6) is 1.41. The van der Waals surface area contributed by atoms with Crippen LogP contribution in [0.15, 0.2) is 59.6 Å². The van der Waals surface area contributed by atoms with Crippen molar-refractivity contribution in [2.75, 3.05) is 15.8 Å². The minimum atomic E-state index is -0.982. The molecule has 7 heteroatoms. The first-order valence-electron chi connectivity index (χ1n) is 7.29. The molecule has 0 aliphatic carbocycles. The summed E-state index contributed by atoms with van der Waals surface area (Å²) in [7, 11) is 0. The number of hydrogen-bond donors (Lipinski definition) is 1. The third-order valence-electron chi connectivity index (χ3n) is 3.44. The molecule has 0 saturated heterocycles. The fraction of sp³-hybridized carbons (Fsp3) is 0.176. The number of amides is 1. The summed E-state index contributed by atoms with van der Waals surface area (Å²) in [4.78, 5) is 16.2. The van der Waals surface area contributed by atoms with Gasteiger partial charge in [-0.1, -0.05) is 41.9 Å². The van der Waals surface area contributed by atoms with Crippen molar-refractivity contribution in [2.45, 2.75) is 6.04 Å². The number of anilines is 1. The van der Waals surface area contributed by atoms with Crippen LogP contribution in [0.3, 0.4) is 0 Å². The molecular weight excluding hydrogens is 364 g/mol. The number of thioether (sulfide) groups is 1. The summed E-state index contributed by atoms with van der Waals surface area (Å²) in [6.45, 7) is 0. The fourth-order valence-corrected chi connectivity index (χ4v) is 4.41. The van der Waals surface area contributed by atoms with Crippen LogP contribution in [0.25, 0.3) is 0 Å². The molecule has 0 fully saturated rings. The monoisotopic (exact) mass is 378 g/mol. The van der Waals surface area contributed by atoms with Gasteiger partial charge in [-0.3, -0.25) is 4.99 Å². The van der Waals surface area contributed by atoms with Crippen molar-refractivity contribution in [1.29, 1.82) is 0 Å². The van der Waals surface area contributed by atoms with E-state index in [1.165, 1.54) is 16.3 Å². The van der Waals surface area contributed by atoms with Gasteiger partial charge in [0.2, 0.25) is 0 Å². The quantitative estimate of drug-likeness (QED) is 0.711. The van der Waals surface area contributed by atoms with Crippen LogP contribution in [-0.4, -0.2) is 27.7 Å². The Morgan fingerprint density at radius 1 is 1.25 bits per heavy atom. The van der Waals surface area contributed by atoms with Crippen molar-refractivity contribution in [1.82, 2.24) is 0 Å². The molecule has 24 heavy (non-hydrogen) atoms. The van der Waals surface area contributed by atoms with Gasteiger partial charge in [-0.15, -0.1) is 11.8 Å². The third kappa shape index (κ3) is 4.26. The number of nitrogens with zero attached hydrogens (tertiary/aromatic N) is 2. The Labute approximate surface area is 154 Å². The first-order valence-corrected chi connectivity index (χ1v) is 9.60. The van der Waals surface area contributed by atoms with Gasteiger partial charge in [-0.2, -0.15) is 0 Å². The molecule has 0 radical (unpaired) electrons. The van der Waals surface area contributed by atoms with Crippen molar-refractivity contribution < 1.29 is 9.90 Å². The lowest BCUT2D eigenvalue weighted by Crippen LogP contribution is -2.22. The Morgan fingerprint density at radius 2 is 1.96 bits per heavy atom. The van der Waals surface area contributed by atoms with Crippen molar-refractivity contribution >= 4 is 52.1 Å². The SMILES string of the molecule is O=C(O)N(SCC1=NC(c2ccc(Cl)cc2)CS1)c1ccccc1. The van der Waals surface area contributed by atoms with Gasteiger partial charge in [0.15, 0.2) is 0 Å². The van der Waals surface area contributed by atoms with Crippen molar-refractivity contribution in [2.24, 2.45) is 4.99 Å². The fourth-order valence-electron chi connectivity index (χ4n) is 2.28. The molecule has 1 N–H and O–H groups in total. The molecule has 124 valence electrons. The average molecular weight is 379 g/mol. The van der Waals surface area contributed by atoms with Crippen LogP contribution in [0.2, 0.25) is 5.02 Å². The number of para-hydroxylation sites is 1. The van der Waals surface area contributed by atoms with E-state index < -0.39 is 6.09 Å². The van der Waals surface area contributed by atoms with Gasteiger partial charge in [0.1, 0.15) is 0 Å². The number of benzene rings is 2. The van der Waals surface area contributed by atoms with Gasteiger partial charge in [0.05, 0.1) is 22.5 Å². The molecule has 2 aromatic rings. The van der Waals surface area contributed by atoms with E-state index in [4.69, 9.17) is 16.6 Å². The predicted octanol–water partition coefficient (Wildman–Crippen LogP) is 5.36. The third-order valence-corrected chi connectivity index (χ3v) is 5.97. The molecule has 0 bridgehead atoms. The van der Waals surface area contributed by atoms with E-state index in [-0.39, 0.29) is 6.04 Å². The van der Waals surface area contributed by atoms with Crippen LogP contribution >= 0.6 is 35.3 Å². The number of aliphatic imine (C=N–C) groups is 1. The molecule has 1 atom stereocenters. The summed E-state index contributed by atoms with van der Waals surface area (Å²) in [6.07, 6.45) is -0.982. The Kier molecular flexibility index (Phi) is 5.71. The zero-order chi connectivity index (χ0) is 16.9. The zero-order valence-electron chi connectivity index (χ0n) is 12.6. The topological polar surface area (TPSA) is 52.9 Å². The van der Waals surface area contributed by atoms with Gasteiger partial charge in [0, 0.05) is 10.8 Å². The largest absolute Gasteiger partial charge is 0.464 e. The summed E-state index contributed by atoms with van der Waals surface area (Å²) in [5, 5.41) is 11.1. The second-order valence-corrected chi connectivity index (χ2v) is 7.53. The summed E-state index contributed by atoms with van der Waals surface area (Å²) in [6, 6.07) is 16.9. The van der Waals surface area contributed by atoms with E-state index in [2.05, 4.69) is 0 Å². The van der Waals surface area contributed by atoms with Crippen molar-refractivity contribution in [3.8, 4) is 0 Å². The minimum Gasteiger partial charge on any atom is -0.464 e. The van der Waals surface area contributed by atoms with E-state index >= 15 is 0 Å². The Hall–Kier alpha value is -1.63. The van der Waals surface area contributed by atoms with Gasteiger partial charge >= 0.3 is 6.09 Å². The summed E-state index contributed by atoms with van der Waals surface area (Å²) < 4.78 is 1.28. The van der Waals surface area contributed by atoms with Crippen LogP contribution in [0.4, 0.5) is 10.5 Å². The van der Waals surface area contributed by atoms with Crippen LogP contribution in [0, 0.1) is 0 Å². The number of hydrogen-bond acceptors (Lipinski definition) is 4. The first kappa shape index (κ1) is 17.2. The maximum atomic E-state index is 11.5. The second kappa shape index (κ2) is 7.96. The second-order valence-electron chi connectivity index (χ2n) is 5.09. The maximum Gasteiger partial charge on any atom is 0.422 e. The smallest absolute Gasteiger partial charge is 0.422 e. The lowest BCUT2D eigenvalue weighted by Gasteiger charge is -2.17. The van der Waals surface area contributed by atoms with Gasteiger partial charge in [-0.25, -0.2) is 9.10 Å². The number of carbonyl (C=O) groups is 1. The highest BCUT2D eigenvalue weighted by Crippen LogP contribution is 2.33. The zero-order valence-corrected chi connectivity index (χ0v) is 15.0. The van der Waals surface area contributed by atoms with E-state index in [0.717, 1.165) is 16.4 Å². The molecule has 0 aromatic heterocycles. The highest BCUT2D eigenvalue weighted by molar-refractivity contribution is 8.16. The highest BCUT2D eigenvalue weighted by atomic mass is 35.5. The van der Waals surface area contributed by atoms with Crippen molar-refractivity contribution in [3.05, 3.63) is 65.2 Å². The molecule has 0 saturated carbocycles. The van der Waals surface area contributed by atoms with Crippen LogP contribution in [0.1, 0.15) is 11.6 Å². The molecule has 1 aliphatic rings. The Morgan fingerprint density at radius 3 is 2.62 bits per heavy atom. The number of halogens is 1. The molecule has 2 aromatic carbocycles. The first-order chi connectivity index (χ1) is 11.6. The molecule has 1 unspecified atom stereocenters. The molecule has 1 heterocycles. The van der Waals surface area contributed by atoms with E-state index in [1.807, 2.05) is 42.5 Å². The van der Waals surface area contributed by atoms with Gasteiger partial charge < -0.3 is 5.11 Å². The van der Waals surface area contributed by atoms with Crippen molar-refractivity contribution in [3.63, 3.8) is 0 Å². The molecule has 4 nitrogen and oxygen atoms in total. The molecular formula is C17H15ClN2O2S2. The standard InChI is InChI=1S/C17H15ClN2O2S2/c18-13-8-6-12(7-9-13)15-10-23-16(19-15)11-24-20(17(21)22)14-4-2-1-3-5-14/h1-9,15H,10-11H2,(H,21,22). The molecule has 3 rings (SSSR count). The number of rotatable bonds is 5. The van der Waals surface area contributed by atoms with E-state index in [0.29, 0.717) is 16.5 Å². The highest BCUT2D eigenvalue weighted by Gasteiger charge is 2.22. The molecule has 0 spiro atoms. The number of carboxylic acid groups (broad SMARTS) is 1. The normalized spacial score (nSPS) is 16.7. The predicted molar refractivity (Wildman–Crippen MR) is 103 cm³/mol. The Bertz CT molecular complexity index is 738. The lowest BCUT2D eigenvalue weighted by atomic mass is 10.1. The summed E-state index contributed by atoms with van der Waals surface area (Å²) in [5.41, 5.74) is 1.78. The van der Waals surface area contributed by atoms with Crippen LogP contribution < -0.4 is 4.31 Å².